The van der Waals surface area contributed by atoms with E-state index < -0.39 is 5.92 Å². The van der Waals surface area contributed by atoms with Gasteiger partial charge in [0.1, 0.15) is 11.6 Å². The molecule has 1 saturated heterocycles. The summed E-state index contributed by atoms with van der Waals surface area (Å²) in [6.07, 6.45) is 2.21. The number of nitrogens with zero attached hydrogens (tertiary/aromatic N) is 1. The van der Waals surface area contributed by atoms with Gasteiger partial charge in [0.2, 0.25) is 11.8 Å². The van der Waals surface area contributed by atoms with Gasteiger partial charge in [-0.25, -0.2) is 4.39 Å². The highest BCUT2D eigenvalue weighted by Crippen LogP contribution is 2.26. The number of anilines is 2. The summed E-state index contributed by atoms with van der Waals surface area (Å²) in [4.78, 5) is 26.3. The maximum atomic E-state index is 13.1. The van der Waals surface area contributed by atoms with Crippen LogP contribution in [0.2, 0.25) is 0 Å². The number of carbonyl (C=O) groups excluding carboxylic acids is 2. The zero-order valence-electron chi connectivity index (χ0n) is 15.3. The fourth-order valence-corrected chi connectivity index (χ4v) is 2.97. The summed E-state index contributed by atoms with van der Waals surface area (Å²) in [5, 5.41) is 2.85. The van der Waals surface area contributed by atoms with Gasteiger partial charge in [0.25, 0.3) is 0 Å². The Balaban J connectivity index is 1.57. The molecule has 1 heterocycles. The van der Waals surface area contributed by atoms with E-state index in [0.29, 0.717) is 18.0 Å². The highest BCUT2D eigenvalue weighted by Gasteiger charge is 2.35. The van der Waals surface area contributed by atoms with Crippen LogP contribution in [0.15, 0.2) is 48.5 Å². The quantitative estimate of drug-likeness (QED) is 0.750. The molecule has 0 aromatic heterocycles. The molecule has 3 rings (SSSR count). The van der Waals surface area contributed by atoms with Crippen molar-refractivity contribution in [3.8, 4) is 5.75 Å². The highest BCUT2D eigenvalue weighted by molar-refractivity contribution is 6.03. The van der Waals surface area contributed by atoms with Crippen molar-refractivity contribution in [1.29, 1.82) is 0 Å². The number of hydrogen-bond acceptors (Lipinski definition) is 3. The summed E-state index contributed by atoms with van der Waals surface area (Å²) in [5.74, 6) is -0.376. The van der Waals surface area contributed by atoms with E-state index in [1.54, 1.807) is 24.3 Å². The first-order valence-electron chi connectivity index (χ1n) is 9.16. The van der Waals surface area contributed by atoms with Crippen LogP contribution in [0.5, 0.6) is 5.75 Å². The topological polar surface area (TPSA) is 58.6 Å². The van der Waals surface area contributed by atoms with Crippen molar-refractivity contribution in [2.75, 3.05) is 23.4 Å². The lowest BCUT2D eigenvalue weighted by Gasteiger charge is -2.16. The lowest BCUT2D eigenvalue weighted by atomic mass is 10.1. The molecule has 0 unspecified atom stereocenters. The van der Waals surface area contributed by atoms with Gasteiger partial charge in [-0.2, -0.15) is 0 Å². The van der Waals surface area contributed by atoms with E-state index in [0.717, 1.165) is 18.6 Å². The van der Waals surface area contributed by atoms with Crippen molar-refractivity contribution in [2.24, 2.45) is 5.92 Å². The number of ether oxygens (including phenoxy) is 1. The average molecular weight is 370 g/mol. The first-order chi connectivity index (χ1) is 13.1. The van der Waals surface area contributed by atoms with Gasteiger partial charge in [0.05, 0.1) is 12.5 Å². The van der Waals surface area contributed by atoms with E-state index in [9.17, 15) is 14.0 Å². The van der Waals surface area contributed by atoms with E-state index in [-0.39, 0.29) is 30.6 Å². The molecule has 0 aliphatic carbocycles. The lowest BCUT2D eigenvalue weighted by molar-refractivity contribution is -0.122. The van der Waals surface area contributed by atoms with Gasteiger partial charge in [-0.1, -0.05) is 13.3 Å². The van der Waals surface area contributed by atoms with Crippen molar-refractivity contribution in [2.45, 2.75) is 26.2 Å². The van der Waals surface area contributed by atoms with Crippen LogP contribution in [0.4, 0.5) is 15.8 Å². The van der Waals surface area contributed by atoms with Gasteiger partial charge in [-0.3, -0.25) is 9.59 Å². The largest absolute Gasteiger partial charge is 0.494 e. The number of nitrogens with one attached hydrogen (secondary N) is 1. The second-order valence-corrected chi connectivity index (χ2v) is 6.60. The molecular formula is C21H23FN2O3. The molecule has 0 radical (unpaired) electrons. The molecule has 2 aromatic carbocycles. The molecule has 27 heavy (non-hydrogen) atoms. The van der Waals surface area contributed by atoms with Gasteiger partial charge < -0.3 is 15.0 Å². The van der Waals surface area contributed by atoms with E-state index in [2.05, 4.69) is 12.2 Å². The molecule has 0 spiro atoms. The molecule has 0 saturated carbocycles. The number of benzene rings is 2. The maximum absolute atomic E-state index is 13.1. The van der Waals surface area contributed by atoms with Crippen LogP contribution in [-0.4, -0.2) is 25.0 Å². The Morgan fingerprint density at radius 1 is 1.19 bits per heavy atom. The molecule has 1 atom stereocenters. The minimum absolute atomic E-state index is 0.138. The first-order valence-corrected chi connectivity index (χ1v) is 9.16. The lowest BCUT2D eigenvalue weighted by Crippen LogP contribution is -2.28. The van der Waals surface area contributed by atoms with Crippen LogP contribution in [0, 0.1) is 11.7 Å². The van der Waals surface area contributed by atoms with Gasteiger partial charge in [0, 0.05) is 24.3 Å². The Bertz CT molecular complexity index is 790. The van der Waals surface area contributed by atoms with Gasteiger partial charge in [-0.05, 0) is 55.0 Å². The monoisotopic (exact) mass is 370 g/mol. The average Bonchev–Trinajstić information content (AvgIpc) is 3.06. The van der Waals surface area contributed by atoms with Crippen molar-refractivity contribution in [1.82, 2.24) is 0 Å². The predicted octanol–water partition coefficient (Wildman–Crippen LogP) is 4.00. The zero-order chi connectivity index (χ0) is 19.2. The fourth-order valence-electron chi connectivity index (χ4n) is 2.97. The minimum atomic E-state index is -0.442. The van der Waals surface area contributed by atoms with Crippen molar-refractivity contribution >= 4 is 23.2 Å². The minimum Gasteiger partial charge on any atom is -0.494 e. The standard InChI is InChI=1S/C21H23FN2O3/c1-2-3-12-27-19-10-6-17(7-11-19)23-21(26)15-13-20(25)24(14-15)18-8-4-16(22)5-9-18/h4-11,15H,2-3,12-14H2,1H3,(H,23,26)/t15-/m0/s1. The number of unbranched alkanes of at least 4 members (excludes halogenated alkanes) is 1. The third-order valence-corrected chi connectivity index (χ3v) is 4.52. The predicted molar refractivity (Wildman–Crippen MR) is 102 cm³/mol. The Labute approximate surface area is 158 Å². The third-order valence-electron chi connectivity index (χ3n) is 4.52. The van der Waals surface area contributed by atoms with E-state index in [1.807, 2.05) is 12.1 Å². The second-order valence-electron chi connectivity index (χ2n) is 6.60. The van der Waals surface area contributed by atoms with E-state index >= 15 is 0 Å². The summed E-state index contributed by atoms with van der Waals surface area (Å²) in [6.45, 7) is 3.06. The van der Waals surface area contributed by atoms with Crippen LogP contribution in [0.1, 0.15) is 26.2 Å². The Hall–Kier alpha value is -2.89. The smallest absolute Gasteiger partial charge is 0.229 e. The number of carbonyl (C=O) groups is 2. The number of hydrogen-bond donors (Lipinski definition) is 1. The van der Waals surface area contributed by atoms with E-state index in [4.69, 9.17) is 4.74 Å². The van der Waals surface area contributed by atoms with Gasteiger partial charge >= 0.3 is 0 Å². The van der Waals surface area contributed by atoms with Gasteiger partial charge in [-0.15, -0.1) is 0 Å². The first kappa shape index (κ1) is 18.9. The van der Waals surface area contributed by atoms with E-state index in [1.165, 1.54) is 17.0 Å². The molecule has 142 valence electrons. The van der Waals surface area contributed by atoms with Gasteiger partial charge in [0.15, 0.2) is 0 Å². The Morgan fingerprint density at radius 2 is 1.89 bits per heavy atom. The fraction of sp³-hybridized carbons (Fsp3) is 0.333. The summed E-state index contributed by atoms with van der Waals surface area (Å²) in [7, 11) is 0. The molecular weight excluding hydrogens is 347 g/mol. The van der Waals surface area contributed by atoms with Crippen LogP contribution in [0.25, 0.3) is 0 Å². The molecule has 1 aliphatic rings. The normalized spacial score (nSPS) is 16.4. The van der Waals surface area contributed by atoms with Crippen LogP contribution in [0.3, 0.4) is 0 Å². The van der Waals surface area contributed by atoms with Crippen molar-refractivity contribution < 1.29 is 18.7 Å². The van der Waals surface area contributed by atoms with Crippen LogP contribution < -0.4 is 15.0 Å². The molecule has 2 amide bonds. The molecule has 1 aliphatic heterocycles. The maximum Gasteiger partial charge on any atom is 0.229 e. The molecule has 1 N–H and O–H groups in total. The van der Waals surface area contributed by atoms with Crippen LogP contribution in [-0.2, 0) is 9.59 Å². The summed E-state index contributed by atoms with van der Waals surface area (Å²) in [6, 6.07) is 12.9. The molecule has 2 aromatic rings. The molecule has 6 heteroatoms. The van der Waals surface area contributed by atoms with Crippen LogP contribution >= 0.6 is 0 Å². The third kappa shape index (κ3) is 4.84. The molecule has 5 nitrogen and oxygen atoms in total. The summed E-state index contributed by atoms with van der Waals surface area (Å²) >= 11 is 0. The number of amides is 2. The highest BCUT2D eigenvalue weighted by atomic mass is 19.1. The summed E-state index contributed by atoms with van der Waals surface area (Å²) in [5.41, 5.74) is 1.26. The van der Waals surface area contributed by atoms with Crippen molar-refractivity contribution in [3.05, 3.63) is 54.3 Å². The Morgan fingerprint density at radius 3 is 2.56 bits per heavy atom. The molecule has 0 bridgehead atoms. The number of rotatable bonds is 7. The molecule has 1 fully saturated rings. The Kier molecular flexibility index (Phi) is 6.06. The summed E-state index contributed by atoms with van der Waals surface area (Å²) < 4.78 is 18.7. The SMILES string of the molecule is CCCCOc1ccc(NC(=O)[C@H]2CC(=O)N(c3ccc(F)cc3)C2)cc1. The number of halogens is 1. The zero-order valence-corrected chi connectivity index (χ0v) is 15.3. The second kappa shape index (κ2) is 8.66. The van der Waals surface area contributed by atoms with Crippen molar-refractivity contribution in [3.63, 3.8) is 0 Å².